The van der Waals surface area contributed by atoms with Gasteiger partial charge in [0.25, 0.3) is 0 Å². The van der Waals surface area contributed by atoms with E-state index in [9.17, 15) is 4.39 Å². The second-order valence-electron chi connectivity index (χ2n) is 3.32. The van der Waals surface area contributed by atoms with Gasteiger partial charge in [0, 0.05) is 6.04 Å². The zero-order valence-electron chi connectivity index (χ0n) is 8.46. The molecule has 14 heavy (non-hydrogen) atoms. The molecule has 0 aromatic heterocycles. The molecule has 1 aromatic carbocycles. The van der Waals surface area contributed by atoms with E-state index in [2.05, 4.69) is 11.9 Å². The Hall–Kier alpha value is -1.15. The molecule has 0 heterocycles. The van der Waals surface area contributed by atoms with Crippen molar-refractivity contribution in [3.05, 3.63) is 48.3 Å². The molecule has 0 radical (unpaired) electrons. The van der Waals surface area contributed by atoms with Gasteiger partial charge in [0.05, 0.1) is 0 Å². The van der Waals surface area contributed by atoms with Crippen molar-refractivity contribution in [3.63, 3.8) is 0 Å². The molecule has 76 valence electrons. The number of halogens is 1. The molecule has 1 atom stereocenters. The van der Waals surface area contributed by atoms with E-state index >= 15 is 0 Å². The lowest BCUT2D eigenvalue weighted by Crippen LogP contribution is -2.26. The van der Waals surface area contributed by atoms with Crippen molar-refractivity contribution >= 4 is 0 Å². The first-order chi connectivity index (χ1) is 6.74. The first kappa shape index (κ1) is 10.9. The number of benzene rings is 1. The van der Waals surface area contributed by atoms with Gasteiger partial charge in [-0.3, -0.25) is 0 Å². The summed E-state index contributed by atoms with van der Waals surface area (Å²) in [5, 5.41) is 3.22. The molecule has 2 heteroatoms. The summed E-state index contributed by atoms with van der Waals surface area (Å²) in [6, 6.07) is 7.15. The minimum atomic E-state index is -0.124. The second-order valence-corrected chi connectivity index (χ2v) is 3.32. The van der Waals surface area contributed by atoms with Crippen LogP contribution in [0.4, 0.5) is 4.39 Å². The van der Waals surface area contributed by atoms with Crippen LogP contribution in [-0.2, 0) is 6.42 Å². The van der Waals surface area contributed by atoms with Gasteiger partial charge in [-0.1, -0.05) is 24.3 Å². The van der Waals surface area contributed by atoms with Gasteiger partial charge in [-0.25, -0.2) is 4.39 Å². The Bertz CT molecular complexity index is 296. The average Bonchev–Trinajstić information content (AvgIpc) is 2.20. The molecular weight excluding hydrogens is 177 g/mol. The molecule has 0 aliphatic heterocycles. The first-order valence-corrected chi connectivity index (χ1v) is 4.83. The van der Waals surface area contributed by atoms with Crippen LogP contribution in [0.15, 0.2) is 36.9 Å². The fourth-order valence-corrected chi connectivity index (χ4v) is 1.22. The molecular formula is C12H16FN. The standard InChI is InChI=1S/C12H16FN/c1-3-10(2)14-9-8-11-6-4-5-7-12(11)13/h3-7,10,14H,1,8-9H2,2H3. The van der Waals surface area contributed by atoms with E-state index in [1.165, 1.54) is 6.07 Å². The Kier molecular flexibility index (Phi) is 4.33. The van der Waals surface area contributed by atoms with E-state index in [1.807, 2.05) is 25.1 Å². The van der Waals surface area contributed by atoms with Crippen LogP contribution in [0.25, 0.3) is 0 Å². The molecule has 0 aliphatic carbocycles. The third-order valence-corrected chi connectivity index (χ3v) is 2.17. The van der Waals surface area contributed by atoms with E-state index < -0.39 is 0 Å². The van der Waals surface area contributed by atoms with Gasteiger partial charge in [-0.15, -0.1) is 6.58 Å². The molecule has 0 aliphatic rings. The maximum absolute atomic E-state index is 13.1. The molecule has 1 nitrogen and oxygen atoms in total. The summed E-state index contributed by atoms with van der Waals surface area (Å²) < 4.78 is 13.1. The SMILES string of the molecule is C=CC(C)NCCc1ccccc1F. The average molecular weight is 193 g/mol. The molecule has 1 N–H and O–H groups in total. The number of nitrogens with one attached hydrogen (secondary N) is 1. The molecule has 0 saturated heterocycles. The molecule has 1 unspecified atom stereocenters. The fourth-order valence-electron chi connectivity index (χ4n) is 1.22. The Labute approximate surface area is 84.6 Å². The van der Waals surface area contributed by atoms with Crippen molar-refractivity contribution in [2.75, 3.05) is 6.54 Å². The van der Waals surface area contributed by atoms with Crippen LogP contribution in [0.5, 0.6) is 0 Å². The monoisotopic (exact) mass is 193 g/mol. The highest BCUT2D eigenvalue weighted by Crippen LogP contribution is 2.06. The van der Waals surface area contributed by atoms with Crippen molar-refractivity contribution in [2.45, 2.75) is 19.4 Å². The highest BCUT2D eigenvalue weighted by Gasteiger charge is 2.00. The van der Waals surface area contributed by atoms with Crippen LogP contribution in [0.2, 0.25) is 0 Å². The predicted octanol–water partition coefficient (Wildman–Crippen LogP) is 2.53. The van der Waals surface area contributed by atoms with Crippen molar-refractivity contribution in [1.29, 1.82) is 0 Å². The molecule has 0 spiro atoms. The van der Waals surface area contributed by atoms with Crippen LogP contribution in [0.1, 0.15) is 12.5 Å². The zero-order chi connectivity index (χ0) is 10.4. The van der Waals surface area contributed by atoms with Crippen molar-refractivity contribution in [1.82, 2.24) is 5.32 Å². The summed E-state index contributed by atoms with van der Waals surface area (Å²) in [6.07, 6.45) is 2.55. The van der Waals surface area contributed by atoms with Crippen LogP contribution >= 0.6 is 0 Å². The Morgan fingerprint density at radius 3 is 2.86 bits per heavy atom. The molecule has 0 bridgehead atoms. The summed E-state index contributed by atoms with van der Waals surface area (Å²) in [7, 11) is 0. The zero-order valence-corrected chi connectivity index (χ0v) is 8.46. The lowest BCUT2D eigenvalue weighted by Gasteiger charge is -2.08. The van der Waals surface area contributed by atoms with E-state index in [4.69, 9.17) is 0 Å². The van der Waals surface area contributed by atoms with E-state index in [-0.39, 0.29) is 11.9 Å². The Morgan fingerprint density at radius 1 is 1.50 bits per heavy atom. The number of hydrogen-bond donors (Lipinski definition) is 1. The van der Waals surface area contributed by atoms with Crippen molar-refractivity contribution in [3.8, 4) is 0 Å². The van der Waals surface area contributed by atoms with Gasteiger partial charge in [0.1, 0.15) is 5.82 Å². The van der Waals surface area contributed by atoms with Gasteiger partial charge < -0.3 is 5.32 Å². The summed E-state index contributed by atoms with van der Waals surface area (Å²) >= 11 is 0. The number of hydrogen-bond acceptors (Lipinski definition) is 1. The highest BCUT2D eigenvalue weighted by molar-refractivity contribution is 5.17. The summed E-state index contributed by atoms with van der Waals surface area (Å²) in [6.45, 7) is 6.46. The normalized spacial score (nSPS) is 12.4. The molecule has 0 saturated carbocycles. The summed E-state index contributed by atoms with van der Waals surface area (Å²) in [5.74, 6) is -0.124. The second kappa shape index (κ2) is 5.55. The maximum atomic E-state index is 13.1. The van der Waals surface area contributed by atoms with Crippen molar-refractivity contribution in [2.24, 2.45) is 0 Å². The minimum absolute atomic E-state index is 0.124. The Balaban J connectivity index is 2.38. The van der Waals surface area contributed by atoms with E-state index in [0.29, 0.717) is 6.42 Å². The smallest absolute Gasteiger partial charge is 0.126 e. The van der Waals surface area contributed by atoms with Gasteiger partial charge in [-0.2, -0.15) is 0 Å². The predicted molar refractivity (Wildman–Crippen MR) is 57.8 cm³/mol. The van der Waals surface area contributed by atoms with Gasteiger partial charge >= 0.3 is 0 Å². The van der Waals surface area contributed by atoms with Gasteiger partial charge in [-0.05, 0) is 31.5 Å². The lowest BCUT2D eigenvalue weighted by molar-refractivity contribution is 0.587. The fraction of sp³-hybridized carbons (Fsp3) is 0.333. The summed E-state index contributed by atoms with van der Waals surface area (Å²) in [5.41, 5.74) is 0.760. The van der Waals surface area contributed by atoms with E-state index in [1.54, 1.807) is 6.07 Å². The van der Waals surface area contributed by atoms with Crippen LogP contribution in [-0.4, -0.2) is 12.6 Å². The van der Waals surface area contributed by atoms with Crippen LogP contribution in [0.3, 0.4) is 0 Å². The summed E-state index contributed by atoms with van der Waals surface area (Å²) in [4.78, 5) is 0. The minimum Gasteiger partial charge on any atom is -0.310 e. The highest BCUT2D eigenvalue weighted by atomic mass is 19.1. The molecule has 0 fully saturated rings. The van der Waals surface area contributed by atoms with Gasteiger partial charge in [0.15, 0.2) is 0 Å². The van der Waals surface area contributed by atoms with Crippen LogP contribution < -0.4 is 5.32 Å². The van der Waals surface area contributed by atoms with Crippen LogP contribution in [0, 0.1) is 5.82 Å². The molecule has 0 amide bonds. The molecule has 1 aromatic rings. The number of rotatable bonds is 5. The van der Waals surface area contributed by atoms with Crippen molar-refractivity contribution < 1.29 is 4.39 Å². The largest absolute Gasteiger partial charge is 0.310 e. The third kappa shape index (κ3) is 3.30. The quantitative estimate of drug-likeness (QED) is 0.708. The molecule has 1 rings (SSSR count). The van der Waals surface area contributed by atoms with E-state index in [0.717, 1.165) is 12.1 Å². The van der Waals surface area contributed by atoms with Gasteiger partial charge in [0.2, 0.25) is 0 Å². The Morgan fingerprint density at radius 2 is 2.21 bits per heavy atom. The lowest BCUT2D eigenvalue weighted by atomic mass is 10.1. The third-order valence-electron chi connectivity index (χ3n) is 2.17. The first-order valence-electron chi connectivity index (χ1n) is 4.83. The topological polar surface area (TPSA) is 12.0 Å². The maximum Gasteiger partial charge on any atom is 0.126 e.